The first-order valence-electron chi connectivity index (χ1n) is 10.0. The standard InChI is InChI=1S/C23H25ClF3NO/c1-15-10-11-28-19(12-15)8-6-16-2-4-17(5-3-16)13-22(29)20-14-18(23(25,26)27)7-9-21(20)24/h7,9-12,14,16-17H,2-6,8,13H2,1H3. The number of nitrogens with zero attached hydrogens (tertiary/aromatic N) is 1. The van der Waals surface area contributed by atoms with Crippen molar-refractivity contribution in [3.8, 4) is 0 Å². The number of aryl methyl sites for hydroxylation is 2. The fourth-order valence-corrected chi connectivity index (χ4v) is 4.32. The molecule has 0 aliphatic heterocycles. The molecule has 1 saturated carbocycles. The average Bonchev–Trinajstić information content (AvgIpc) is 2.67. The highest BCUT2D eigenvalue weighted by Gasteiger charge is 2.32. The summed E-state index contributed by atoms with van der Waals surface area (Å²) in [5, 5.41) is 0.0855. The molecule has 2 aromatic rings. The van der Waals surface area contributed by atoms with E-state index in [2.05, 4.69) is 18.0 Å². The lowest BCUT2D eigenvalue weighted by Gasteiger charge is -2.28. The van der Waals surface area contributed by atoms with Crippen molar-refractivity contribution in [3.05, 3.63) is 63.9 Å². The van der Waals surface area contributed by atoms with Crippen LogP contribution in [0.4, 0.5) is 13.2 Å². The van der Waals surface area contributed by atoms with Crippen molar-refractivity contribution in [2.24, 2.45) is 11.8 Å². The van der Waals surface area contributed by atoms with Crippen LogP contribution in [0.3, 0.4) is 0 Å². The summed E-state index contributed by atoms with van der Waals surface area (Å²) in [5.74, 6) is 0.524. The van der Waals surface area contributed by atoms with Crippen molar-refractivity contribution in [2.45, 2.75) is 58.0 Å². The van der Waals surface area contributed by atoms with E-state index in [1.54, 1.807) is 0 Å². The molecule has 0 unspecified atom stereocenters. The van der Waals surface area contributed by atoms with E-state index in [0.717, 1.165) is 62.4 Å². The van der Waals surface area contributed by atoms with Crippen LogP contribution in [0.5, 0.6) is 0 Å². The van der Waals surface area contributed by atoms with Gasteiger partial charge >= 0.3 is 6.18 Å². The zero-order valence-electron chi connectivity index (χ0n) is 16.4. The highest BCUT2D eigenvalue weighted by molar-refractivity contribution is 6.34. The van der Waals surface area contributed by atoms with Crippen LogP contribution in [0, 0.1) is 18.8 Å². The monoisotopic (exact) mass is 423 g/mol. The molecule has 1 aliphatic carbocycles. The van der Waals surface area contributed by atoms with Crippen molar-refractivity contribution in [3.63, 3.8) is 0 Å². The maximum atomic E-state index is 12.9. The number of hydrogen-bond acceptors (Lipinski definition) is 2. The summed E-state index contributed by atoms with van der Waals surface area (Å²) >= 11 is 6.00. The minimum atomic E-state index is -4.48. The number of hydrogen-bond donors (Lipinski definition) is 0. The molecule has 1 aliphatic rings. The number of rotatable bonds is 6. The number of carbonyl (C=O) groups excluding carboxylic acids is 1. The molecule has 156 valence electrons. The normalized spacial score (nSPS) is 19.9. The van der Waals surface area contributed by atoms with E-state index in [1.165, 1.54) is 5.56 Å². The summed E-state index contributed by atoms with van der Waals surface area (Å²) in [6.45, 7) is 2.06. The predicted molar refractivity (Wildman–Crippen MR) is 108 cm³/mol. The van der Waals surface area contributed by atoms with Gasteiger partial charge in [0.15, 0.2) is 5.78 Å². The molecule has 0 amide bonds. The summed E-state index contributed by atoms with van der Waals surface area (Å²) in [7, 11) is 0. The summed E-state index contributed by atoms with van der Waals surface area (Å²) in [6, 6.07) is 7.05. The molecule has 0 N–H and O–H groups in total. The first kappa shape index (κ1) is 21.8. The van der Waals surface area contributed by atoms with Crippen LogP contribution in [-0.4, -0.2) is 10.8 Å². The Bertz CT molecular complexity index is 857. The molecule has 2 nitrogen and oxygen atoms in total. The van der Waals surface area contributed by atoms with Crippen LogP contribution >= 0.6 is 11.6 Å². The molecule has 1 heterocycles. The molecule has 3 rings (SSSR count). The molecule has 6 heteroatoms. The Morgan fingerprint density at radius 3 is 2.45 bits per heavy atom. The molecule has 29 heavy (non-hydrogen) atoms. The van der Waals surface area contributed by atoms with E-state index in [9.17, 15) is 18.0 Å². The molecular weight excluding hydrogens is 399 g/mol. The smallest absolute Gasteiger partial charge is 0.294 e. The molecule has 1 fully saturated rings. The van der Waals surface area contributed by atoms with Gasteiger partial charge in [-0.15, -0.1) is 0 Å². The van der Waals surface area contributed by atoms with Gasteiger partial charge in [0.05, 0.1) is 10.6 Å². The number of carbonyl (C=O) groups is 1. The van der Waals surface area contributed by atoms with Gasteiger partial charge in [0, 0.05) is 23.9 Å². The maximum Gasteiger partial charge on any atom is 0.416 e. The summed E-state index contributed by atoms with van der Waals surface area (Å²) in [5.41, 5.74) is 1.47. The second kappa shape index (κ2) is 9.29. The van der Waals surface area contributed by atoms with E-state index >= 15 is 0 Å². The third kappa shape index (κ3) is 6.05. The van der Waals surface area contributed by atoms with Gasteiger partial charge in [0.1, 0.15) is 0 Å². The SMILES string of the molecule is Cc1ccnc(CCC2CCC(CC(=O)c3cc(C(F)(F)F)ccc3Cl)CC2)c1. The fraction of sp³-hybridized carbons (Fsp3) is 0.478. The molecule has 1 aromatic carbocycles. The van der Waals surface area contributed by atoms with Gasteiger partial charge in [-0.2, -0.15) is 13.2 Å². The van der Waals surface area contributed by atoms with Crippen LogP contribution in [0.2, 0.25) is 5.02 Å². The van der Waals surface area contributed by atoms with Crippen molar-refractivity contribution in [2.75, 3.05) is 0 Å². The van der Waals surface area contributed by atoms with E-state index in [4.69, 9.17) is 11.6 Å². The minimum absolute atomic E-state index is 0.0193. The van der Waals surface area contributed by atoms with Crippen LogP contribution < -0.4 is 0 Å². The molecule has 1 aromatic heterocycles. The zero-order chi connectivity index (χ0) is 21.0. The lowest BCUT2D eigenvalue weighted by molar-refractivity contribution is -0.137. The summed E-state index contributed by atoms with van der Waals surface area (Å²) in [6.07, 6.45) is 3.58. The lowest BCUT2D eigenvalue weighted by atomic mass is 9.77. The first-order chi connectivity index (χ1) is 13.7. The first-order valence-corrected chi connectivity index (χ1v) is 10.4. The number of ketones is 1. The number of Topliss-reactive ketones (excluding diaryl/α,β-unsaturated/α-hetero) is 1. The van der Waals surface area contributed by atoms with Gasteiger partial charge in [0.25, 0.3) is 0 Å². The fourth-order valence-electron chi connectivity index (χ4n) is 4.10. The van der Waals surface area contributed by atoms with Crippen LogP contribution in [0.15, 0.2) is 36.5 Å². The molecule has 0 radical (unpaired) electrons. The molecule has 0 spiro atoms. The molecular formula is C23H25ClF3NO. The number of benzene rings is 1. The second-order valence-corrected chi connectivity index (χ2v) is 8.48. The number of pyridine rings is 1. The van der Waals surface area contributed by atoms with Crippen LogP contribution in [-0.2, 0) is 12.6 Å². The highest BCUT2D eigenvalue weighted by atomic mass is 35.5. The van der Waals surface area contributed by atoms with Gasteiger partial charge in [-0.1, -0.05) is 24.4 Å². The minimum Gasteiger partial charge on any atom is -0.294 e. The Labute approximate surface area is 174 Å². The quantitative estimate of drug-likeness (QED) is 0.465. The number of alkyl halides is 3. The van der Waals surface area contributed by atoms with Crippen molar-refractivity contribution < 1.29 is 18.0 Å². The Balaban J connectivity index is 1.51. The molecule has 0 bridgehead atoms. The predicted octanol–water partition coefficient (Wildman–Crippen LogP) is 7.07. The Hall–Kier alpha value is -1.88. The Kier molecular flexibility index (Phi) is 6.99. The van der Waals surface area contributed by atoms with E-state index in [1.807, 2.05) is 12.3 Å². The van der Waals surface area contributed by atoms with E-state index in [-0.39, 0.29) is 28.7 Å². The largest absolute Gasteiger partial charge is 0.416 e. The van der Waals surface area contributed by atoms with Crippen molar-refractivity contribution in [1.29, 1.82) is 0 Å². The average molecular weight is 424 g/mol. The summed E-state index contributed by atoms with van der Waals surface area (Å²) < 4.78 is 38.8. The highest BCUT2D eigenvalue weighted by Crippen LogP contribution is 2.36. The van der Waals surface area contributed by atoms with Gasteiger partial charge in [0.2, 0.25) is 0 Å². The van der Waals surface area contributed by atoms with Crippen LogP contribution in [0.1, 0.15) is 65.7 Å². The Morgan fingerprint density at radius 1 is 1.10 bits per heavy atom. The topological polar surface area (TPSA) is 30.0 Å². The second-order valence-electron chi connectivity index (χ2n) is 8.07. The Morgan fingerprint density at radius 2 is 1.79 bits per heavy atom. The zero-order valence-corrected chi connectivity index (χ0v) is 17.2. The lowest BCUT2D eigenvalue weighted by Crippen LogP contribution is -2.18. The van der Waals surface area contributed by atoms with Gasteiger partial charge in [-0.25, -0.2) is 0 Å². The van der Waals surface area contributed by atoms with Gasteiger partial charge in [-0.3, -0.25) is 9.78 Å². The third-order valence-electron chi connectivity index (χ3n) is 5.82. The summed E-state index contributed by atoms with van der Waals surface area (Å²) in [4.78, 5) is 17.0. The van der Waals surface area contributed by atoms with Crippen molar-refractivity contribution in [1.82, 2.24) is 4.98 Å². The van der Waals surface area contributed by atoms with Gasteiger partial charge in [-0.05, 0) is 80.3 Å². The van der Waals surface area contributed by atoms with E-state index in [0.29, 0.717) is 5.92 Å². The third-order valence-corrected chi connectivity index (χ3v) is 6.14. The number of halogens is 4. The van der Waals surface area contributed by atoms with E-state index < -0.39 is 11.7 Å². The molecule has 0 atom stereocenters. The number of aromatic nitrogens is 1. The molecule has 0 saturated heterocycles. The van der Waals surface area contributed by atoms with Crippen molar-refractivity contribution >= 4 is 17.4 Å². The maximum absolute atomic E-state index is 12.9. The van der Waals surface area contributed by atoms with Gasteiger partial charge < -0.3 is 0 Å². The van der Waals surface area contributed by atoms with Crippen LogP contribution in [0.25, 0.3) is 0 Å².